The summed E-state index contributed by atoms with van der Waals surface area (Å²) in [5, 5.41) is 12.0. The molecule has 1 aromatic rings. The van der Waals surface area contributed by atoms with Crippen LogP contribution in [0.15, 0.2) is 18.2 Å². The van der Waals surface area contributed by atoms with Gasteiger partial charge in [-0.05, 0) is 31.0 Å². The van der Waals surface area contributed by atoms with Crippen molar-refractivity contribution in [1.82, 2.24) is 4.90 Å². The Hall–Kier alpha value is -1.46. The number of hydrogen-bond donors (Lipinski definition) is 2. The first-order valence-electron chi connectivity index (χ1n) is 6.01. The molecule has 5 heteroatoms. The average molecular weight is 252 g/mol. The fourth-order valence-corrected chi connectivity index (χ4v) is 2.03. The fourth-order valence-electron chi connectivity index (χ4n) is 2.03. The second-order valence-corrected chi connectivity index (χ2v) is 4.69. The Bertz CT molecular complexity index is 451. The van der Waals surface area contributed by atoms with Crippen molar-refractivity contribution in [3.05, 3.63) is 29.6 Å². The van der Waals surface area contributed by atoms with E-state index in [4.69, 9.17) is 0 Å². The first-order valence-corrected chi connectivity index (χ1v) is 6.01. The lowest BCUT2D eigenvalue weighted by Gasteiger charge is -2.14. The third-order valence-corrected chi connectivity index (χ3v) is 3.07. The predicted molar refractivity (Wildman–Crippen MR) is 66.8 cm³/mol. The number of likely N-dealkylation sites (tertiary alicyclic amines) is 1. The quantitative estimate of drug-likeness (QED) is 0.848. The third kappa shape index (κ3) is 3.27. The molecule has 1 aromatic carbocycles. The van der Waals surface area contributed by atoms with Crippen LogP contribution >= 0.6 is 0 Å². The number of nitrogens with zero attached hydrogens (tertiary/aromatic N) is 1. The van der Waals surface area contributed by atoms with Crippen molar-refractivity contribution in [2.45, 2.75) is 19.4 Å². The van der Waals surface area contributed by atoms with Gasteiger partial charge in [-0.15, -0.1) is 0 Å². The highest BCUT2D eigenvalue weighted by molar-refractivity contribution is 5.92. The van der Waals surface area contributed by atoms with Crippen LogP contribution in [0, 0.1) is 12.7 Å². The van der Waals surface area contributed by atoms with Crippen molar-refractivity contribution in [3.8, 4) is 0 Å². The standard InChI is InChI=1S/C13H17FN2O2/c1-9-2-3-10(6-12(9)14)15-13(18)8-16-5-4-11(17)7-16/h2-3,6,11,17H,4-5,7-8H2,1H3,(H,15,18)/t11-/m1/s1. The number of nitrogens with one attached hydrogen (secondary N) is 1. The van der Waals surface area contributed by atoms with Crippen molar-refractivity contribution in [3.63, 3.8) is 0 Å². The zero-order valence-corrected chi connectivity index (χ0v) is 10.3. The number of halogens is 1. The molecule has 0 aliphatic carbocycles. The van der Waals surface area contributed by atoms with Crippen LogP contribution in [0.5, 0.6) is 0 Å². The molecular formula is C13H17FN2O2. The Kier molecular flexibility index (Phi) is 3.93. The largest absolute Gasteiger partial charge is 0.392 e. The maximum absolute atomic E-state index is 13.3. The molecule has 1 heterocycles. The van der Waals surface area contributed by atoms with Gasteiger partial charge < -0.3 is 10.4 Å². The highest BCUT2D eigenvalue weighted by atomic mass is 19.1. The summed E-state index contributed by atoms with van der Waals surface area (Å²) in [7, 11) is 0. The molecule has 4 nitrogen and oxygen atoms in total. The number of β-amino-alcohol motifs (C(OH)–C–C–N with tert-alkyl or cyclic N) is 1. The molecule has 0 aromatic heterocycles. The number of anilines is 1. The van der Waals surface area contributed by atoms with Gasteiger partial charge in [0.15, 0.2) is 0 Å². The molecular weight excluding hydrogens is 235 g/mol. The average Bonchev–Trinajstić information content (AvgIpc) is 2.69. The number of aryl methyl sites for hydroxylation is 1. The van der Waals surface area contributed by atoms with E-state index >= 15 is 0 Å². The molecule has 0 saturated carbocycles. The van der Waals surface area contributed by atoms with Gasteiger partial charge >= 0.3 is 0 Å². The summed E-state index contributed by atoms with van der Waals surface area (Å²) in [6.45, 7) is 3.14. The highest BCUT2D eigenvalue weighted by Gasteiger charge is 2.21. The van der Waals surface area contributed by atoms with Gasteiger partial charge in [-0.25, -0.2) is 4.39 Å². The molecule has 1 atom stereocenters. The molecule has 2 rings (SSSR count). The SMILES string of the molecule is Cc1ccc(NC(=O)CN2CC[C@@H](O)C2)cc1F. The Balaban J connectivity index is 1.89. The number of rotatable bonds is 3. The van der Waals surface area contributed by atoms with E-state index in [-0.39, 0.29) is 24.4 Å². The third-order valence-electron chi connectivity index (χ3n) is 3.07. The van der Waals surface area contributed by atoms with Crippen molar-refractivity contribution in [1.29, 1.82) is 0 Å². The lowest BCUT2D eigenvalue weighted by Crippen LogP contribution is -2.32. The Morgan fingerprint density at radius 3 is 3.00 bits per heavy atom. The van der Waals surface area contributed by atoms with Gasteiger partial charge in [-0.2, -0.15) is 0 Å². The molecule has 0 radical (unpaired) electrons. The first kappa shape index (κ1) is 13.0. The van der Waals surface area contributed by atoms with E-state index in [9.17, 15) is 14.3 Å². The van der Waals surface area contributed by atoms with Gasteiger partial charge in [0.25, 0.3) is 0 Å². The zero-order valence-electron chi connectivity index (χ0n) is 10.3. The molecule has 0 bridgehead atoms. The number of carbonyl (C=O) groups excluding carboxylic acids is 1. The maximum atomic E-state index is 13.3. The number of hydrogen-bond acceptors (Lipinski definition) is 3. The molecule has 98 valence electrons. The maximum Gasteiger partial charge on any atom is 0.238 e. The molecule has 1 fully saturated rings. The molecule has 1 saturated heterocycles. The number of aliphatic hydroxyl groups excluding tert-OH is 1. The van der Waals surface area contributed by atoms with Crippen LogP contribution < -0.4 is 5.32 Å². The van der Waals surface area contributed by atoms with Crippen molar-refractivity contribution in [2.24, 2.45) is 0 Å². The summed E-state index contributed by atoms with van der Waals surface area (Å²) < 4.78 is 13.3. The second-order valence-electron chi connectivity index (χ2n) is 4.69. The predicted octanol–water partition coefficient (Wildman–Crippen LogP) is 1.14. The number of aliphatic hydroxyl groups is 1. The van der Waals surface area contributed by atoms with Crippen LogP contribution in [0.4, 0.5) is 10.1 Å². The first-order chi connectivity index (χ1) is 8.54. The van der Waals surface area contributed by atoms with Crippen molar-refractivity contribution in [2.75, 3.05) is 25.0 Å². The minimum atomic E-state index is -0.338. The summed E-state index contributed by atoms with van der Waals surface area (Å²) in [5.41, 5.74) is 1.01. The molecule has 2 N–H and O–H groups in total. The van der Waals surface area contributed by atoms with E-state index in [1.54, 1.807) is 19.1 Å². The summed E-state index contributed by atoms with van der Waals surface area (Å²) in [6, 6.07) is 4.62. The van der Waals surface area contributed by atoms with Crippen molar-refractivity contribution < 1.29 is 14.3 Å². The van der Waals surface area contributed by atoms with Crippen LogP contribution in [0.25, 0.3) is 0 Å². The lowest BCUT2D eigenvalue weighted by atomic mass is 10.2. The molecule has 0 unspecified atom stereocenters. The van der Waals surface area contributed by atoms with Crippen LogP contribution in [0.3, 0.4) is 0 Å². The summed E-state index contributed by atoms with van der Waals surface area (Å²) in [5.74, 6) is -0.517. The van der Waals surface area contributed by atoms with Crippen LogP contribution in [-0.4, -0.2) is 41.7 Å². The second kappa shape index (κ2) is 5.46. The van der Waals surface area contributed by atoms with Gasteiger partial charge in [-0.1, -0.05) is 6.07 Å². The molecule has 1 aliphatic heterocycles. The smallest absolute Gasteiger partial charge is 0.238 e. The normalized spacial score (nSPS) is 20.1. The Morgan fingerprint density at radius 1 is 1.61 bits per heavy atom. The Morgan fingerprint density at radius 2 is 2.39 bits per heavy atom. The summed E-state index contributed by atoms with van der Waals surface area (Å²) in [6.07, 6.45) is 0.363. The topological polar surface area (TPSA) is 52.6 Å². The number of amides is 1. The van der Waals surface area contributed by atoms with Crippen molar-refractivity contribution >= 4 is 11.6 Å². The summed E-state index contributed by atoms with van der Waals surface area (Å²) >= 11 is 0. The fraction of sp³-hybridized carbons (Fsp3) is 0.462. The minimum Gasteiger partial charge on any atom is -0.392 e. The van der Waals surface area contributed by atoms with Crippen LogP contribution in [0.1, 0.15) is 12.0 Å². The van der Waals surface area contributed by atoms with E-state index in [2.05, 4.69) is 5.32 Å². The van der Waals surface area contributed by atoms with Gasteiger partial charge in [0.2, 0.25) is 5.91 Å². The lowest BCUT2D eigenvalue weighted by molar-refractivity contribution is -0.117. The van der Waals surface area contributed by atoms with E-state index in [1.807, 2.05) is 4.90 Å². The highest BCUT2D eigenvalue weighted by Crippen LogP contribution is 2.14. The van der Waals surface area contributed by atoms with Gasteiger partial charge in [0, 0.05) is 18.8 Å². The molecule has 1 aliphatic rings. The minimum absolute atomic E-state index is 0.188. The zero-order chi connectivity index (χ0) is 13.1. The molecule has 18 heavy (non-hydrogen) atoms. The van der Waals surface area contributed by atoms with Crippen LogP contribution in [0.2, 0.25) is 0 Å². The van der Waals surface area contributed by atoms with E-state index in [0.29, 0.717) is 24.2 Å². The van der Waals surface area contributed by atoms with Gasteiger partial charge in [-0.3, -0.25) is 9.69 Å². The van der Waals surface area contributed by atoms with E-state index in [0.717, 1.165) is 6.54 Å². The van der Waals surface area contributed by atoms with E-state index in [1.165, 1.54) is 6.07 Å². The Labute approximate surface area is 105 Å². The van der Waals surface area contributed by atoms with Crippen LogP contribution in [-0.2, 0) is 4.79 Å². The monoisotopic (exact) mass is 252 g/mol. The number of carbonyl (C=O) groups is 1. The van der Waals surface area contributed by atoms with Gasteiger partial charge in [0.1, 0.15) is 5.82 Å². The number of benzene rings is 1. The molecule has 1 amide bonds. The van der Waals surface area contributed by atoms with Gasteiger partial charge in [0.05, 0.1) is 12.6 Å². The molecule has 0 spiro atoms. The van der Waals surface area contributed by atoms with E-state index < -0.39 is 0 Å². The summed E-state index contributed by atoms with van der Waals surface area (Å²) in [4.78, 5) is 13.6.